The maximum absolute atomic E-state index is 12.2. The summed E-state index contributed by atoms with van der Waals surface area (Å²) in [7, 11) is -1.05. The van der Waals surface area contributed by atoms with Gasteiger partial charge in [-0.1, -0.05) is 31.9 Å². The van der Waals surface area contributed by atoms with Crippen molar-refractivity contribution >= 4 is 54.0 Å². The molecule has 6 heteroatoms. The van der Waals surface area contributed by atoms with Crippen LogP contribution >= 0.6 is 31.9 Å². The van der Waals surface area contributed by atoms with Crippen LogP contribution in [0.15, 0.2) is 33.2 Å². The zero-order valence-electron chi connectivity index (χ0n) is 10.6. The molecule has 104 valence electrons. The molecule has 0 aliphatic heterocycles. The highest BCUT2D eigenvalue weighted by Crippen LogP contribution is 2.53. The standard InChI is InChI=1S/C14H12Br2N2OS/c1-20(19)14-8-2-6(17)4-10(15)12(8)13-9(14)3-7(18)5-11(13)16/h2-5,14H,17-18H2,1H3. The summed E-state index contributed by atoms with van der Waals surface area (Å²) >= 11 is 7.13. The maximum Gasteiger partial charge on any atom is 0.0858 e. The van der Waals surface area contributed by atoms with Crippen LogP contribution in [0, 0.1) is 0 Å². The van der Waals surface area contributed by atoms with Crippen molar-refractivity contribution in [3.8, 4) is 11.1 Å². The molecule has 0 heterocycles. The Kier molecular flexibility index (Phi) is 3.43. The lowest BCUT2D eigenvalue weighted by Gasteiger charge is -2.11. The van der Waals surface area contributed by atoms with E-state index in [9.17, 15) is 4.21 Å². The van der Waals surface area contributed by atoms with E-state index >= 15 is 0 Å². The fourth-order valence-electron chi connectivity index (χ4n) is 2.77. The van der Waals surface area contributed by atoms with Crippen molar-refractivity contribution in [3.63, 3.8) is 0 Å². The molecular weight excluding hydrogens is 404 g/mol. The van der Waals surface area contributed by atoms with Crippen molar-refractivity contribution in [2.24, 2.45) is 0 Å². The molecule has 1 atom stereocenters. The van der Waals surface area contributed by atoms with Crippen LogP contribution in [0.25, 0.3) is 11.1 Å². The molecule has 2 aromatic carbocycles. The van der Waals surface area contributed by atoms with E-state index in [4.69, 9.17) is 11.5 Å². The van der Waals surface area contributed by atoms with E-state index in [1.165, 1.54) is 0 Å². The Balaban J connectivity index is 2.44. The molecule has 4 N–H and O–H groups in total. The minimum atomic E-state index is -1.05. The zero-order chi connectivity index (χ0) is 14.6. The first-order valence-electron chi connectivity index (χ1n) is 5.90. The van der Waals surface area contributed by atoms with Crippen molar-refractivity contribution in [2.45, 2.75) is 5.25 Å². The Morgan fingerprint density at radius 3 is 1.70 bits per heavy atom. The van der Waals surface area contributed by atoms with E-state index in [1.54, 1.807) is 6.26 Å². The van der Waals surface area contributed by atoms with Gasteiger partial charge in [-0.25, -0.2) is 0 Å². The summed E-state index contributed by atoms with van der Waals surface area (Å²) in [5, 5.41) is -0.195. The van der Waals surface area contributed by atoms with Gasteiger partial charge in [0.05, 0.1) is 5.25 Å². The predicted molar refractivity (Wildman–Crippen MR) is 92.0 cm³/mol. The third-order valence-electron chi connectivity index (χ3n) is 3.43. The summed E-state index contributed by atoms with van der Waals surface area (Å²) in [6.07, 6.45) is 1.71. The average Bonchev–Trinajstić information content (AvgIpc) is 2.62. The van der Waals surface area contributed by atoms with Gasteiger partial charge in [-0.15, -0.1) is 0 Å². The van der Waals surface area contributed by atoms with E-state index in [0.717, 1.165) is 31.2 Å². The largest absolute Gasteiger partial charge is 0.399 e. The predicted octanol–water partition coefficient (Wildman–Crippen LogP) is 3.82. The molecule has 3 nitrogen and oxygen atoms in total. The van der Waals surface area contributed by atoms with Crippen LogP contribution in [0.4, 0.5) is 11.4 Å². The maximum atomic E-state index is 12.2. The van der Waals surface area contributed by atoms with E-state index in [1.807, 2.05) is 24.3 Å². The van der Waals surface area contributed by atoms with E-state index in [2.05, 4.69) is 31.9 Å². The Hall–Kier alpha value is -0.850. The van der Waals surface area contributed by atoms with Gasteiger partial charge < -0.3 is 11.5 Å². The topological polar surface area (TPSA) is 69.1 Å². The van der Waals surface area contributed by atoms with Gasteiger partial charge >= 0.3 is 0 Å². The Morgan fingerprint density at radius 2 is 1.35 bits per heavy atom. The number of anilines is 2. The van der Waals surface area contributed by atoms with Gasteiger partial charge in [-0.2, -0.15) is 0 Å². The quantitative estimate of drug-likeness (QED) is 0.695. The lowest BCUT2D eigenvalue weighted by Crippen LogP contribution is -2.04. The third-order valence-corrected chi connectivity index (χ3v) is 5.86. The zero-order valence-corrected chi connectivity index (χ0v) is 14.6. The molecule has 0 fully saturated rings. The molecule has 0 saturated heterocycles. The lowest BCUT2D eigenvalue weighted by molar-refractivity contribution is 0.683. The van der Waals surface area contributed by atoms with Crippen molar-refractivity contribution < 1.29 is 4.21 Å². The highest BCUT2D eigenvalue weighted by Gasteiger charge is 2.34. The number of halogens is 2. The smallest absolute Gasteiger partial charge is 0.0858 e. The summed E-state index contributed by atoms with van der Waals surface area (Å²) < 4.78 is 14.0. The molecule has 3 rings (SSSR count). The van der Waals surface area contributed by atoms with Crippen molar-refractivity contribution in [1.82, 2.24) is 0 Å². The summed E-state index contributed by atoms with van der Waals surface area (Å²) in [5.41, 5.74) is 17.2. The molecule has 0 aromatic heterocycles. The fourth-order valence-corrected chi connectivity index (χ4v) is 5.24. The Bertz CT molecular complexity index is 704. The molecule has 0 bridgehead atoms. The van der Waals surface area contributed by atoms with Crippen molar-refractivity contribution in [2.75, 3.05) is 17.7 Å². The molecule has 0 radical (unpaired) electrons. The second-order valence-electron chi connectivity index (χ2n) is 4.81. The molecule has 0 spiro atoms. The van der Waals surface area contributed by atoms with Crippen LogP contribution in [-0.2, 0) is 10.8 Å². The van der Waals surface area contributed by atoms with Crippen LogP contribution in [-0.4, -0.2) is 10.5 Å². The Morgan fingerprint density at radius 1 is 0.950 bits per heavy atom. The second kappa shape index (κ2) is 4.86. The molecule has 1 aliphatic carbocycles. The average molecular weight is 416 g/mol. The van der Waals surface area contributed by atoms with Crippen LogP contribution < -0.4 is 11.5 Å². The molecule has 2 aromatic rings. The molecule has 0 saturated carbocycles. The number of nitrogen functional groups attached to an aromatic ring is 2. The minimum absolute atomic E-state index is 0.195. The molecular formula is C14H12Br2N2OS. The highest BCUT2D eigenvalue weighted by molar-refractivity contribution is 9.11. The summed E-state index contributed by atoms with van der Waals surface area (Å²) in [6.45, 7) is 0. The van der Waals surface area contributed by atoms with Crippen molar-refractivity contribution in [1.29, 1.82) is 0 Å². The minimum Gasteiger partial charge on any atom is -0.399 e. The monoisotopic (exact) mass is 414 g/mol. The van der Waals surface area contributed by atoms with Gasteiger partial charge in [0.25, 0.3) is 0 Å². The van der Waals surface area contributed by atoms with Crippen LogP contribution in [0.3, 0.4) is 0 Å². The van der Waals surface area contributed by atoms with Gasteiger partial charge in [0.1, 0.15) is 0 Å². The molecule has 1 unspecified atom stereocenters. The van der Waals surface area contributed by atoms with Gasteiger partial charge in [0, 0.05) is 48.5 Å². The summed E-state index contributed by atoms with van der Waals surface area (Å²) in [4.78, 5) is 0. The van der Waals surface area contributed by atoms with Crippen LogP contribution in [0.2, 0.25) is 0 Å². The SMILES string of the molecule is CS(=O)C1c2cc(N)cc(Br)c2-c2c(Br)cc(N)cc21. The Labute approximate surface area is 136 Å². The van der Waals surface area contributed by atoms with Gasteiger partial charge in [-0.3, -0.25) is 4.21 Å². The molecule has 1 aliphatic rings. The number of hydrogen-bond donors (Lipinski definition) is 2. The van der Waals surface area contributed by atoms with Gasteiger partial charge in [-0.05, 0) is 35.4 Å². The van der Waals surface area contributed by atoms with Gasteiger partial charge in [0.15, 0.2) is 0 Å². The first-order chi connectivity index (χ1) is 9.40. The van der Waals surface area contributed by atoms with E-state index < -0.39 is 10.8 Å². The lowest BCUT2D eigenvalue weighted by atomic mass is 10.1. The number of fused-ring (bicyclic) bond motifs is 3. The fraction of sp³-hybridized carbons (Fsp3) is 0.143. The summed E-state index contributed by atoms with van der Waals surface area (Å²) in [6, 6.07) is 7.53. The van der Waals surface area contributed by atoms with Crippen molar-refractivity contribution in [3.05, 3.63) is 44.3 Å². The number of rotatable bonds is 1. The first-order valence-corrected chi connectivity index (χ1v) is 9.11. The van der Waals surface area contributed by atoms with E-state index in [-0.39, 0.29) is 5.25 Å². The number of benzene rings is 2. The number of nitrogens with two attached hydrogens (primary N) is 2. The summed E-state index contributed by atoms with van der Waals surface area (Å²) in [5.74, 6) is 0. The van der Waals surface area contributed by atoms with E-state index in [0.29, 0.717) is 11.4 Å². The third kappa shape index (κ3) is 2.01. The van der Waals surface area contributed by atoms with Gasteiger partial charge in [0.2, 0.25) is 0 Å². The van der Waals surface area contributed by atoms with Crippen LogP contribution in [0.1, 0.15) is 16.4 Å². The molecule has 20 heavy (non-hydrogen) atoms. The first kappa shape index (κ1) is 14.1. The normalized spacial score (nSPS) is 14.9. The molecule has 0 amide bonds. The number of hydrogen-bond acceptors (Lipinski definition) is 3. The second-order valence-corrected chi connectivity index (χ2v) is 7.99. The highest BCUT2D eigenvalue weighted by atomic mass is 79.9. The van der Waals surface area contributed by atoms with Crippen LogP contribution in [0.5, 0.6) is 0 Å².